The average molecular weight is 338 g/mol. The van der Waals surface area contributed by atoms with Crippen molar-refractivity contribution in [2.75, 3.05) is 13.3 Å². The smallest absolute Gasteiger partial charge is 0.240 e. The SMILES string of the molecule is CS[C@]12[C@H](C(C)=O)C[C@](C)(C(=O)N1C)C(=O)N2C1CCCCC1. The first-order chi connectivity index (χ1) is 10.8. The number of carbonyl (C=O) groups excluding carboxylic acids is 3. The van der Waals surface area contributed by atoms with Crippen molar-refractivity contribution in [2.45, 2.75) is 63.4 Å². The van der Waals surface area contributed by atoms with E-state index in [1.165, 1.54) is 18.2 Å². The molecule has 0 aromatic carbocycles. The first-order valence-electron chi connectivity index (χ1n) is 8.48. The normalized spacial score (nSPS) is 38.3. The van der Waals surface area contributed by atoms with E-state index < -0.39 is 10.4 Å². The molecule has 0 aromatic rings. The molecule has 2 bridgehead atoms. The largest absolute Gasteiger partial charge is 0.312 e. The number of Topliss-reactive ketones (excluding diaryl/α,β-unsaturated/α-hetero) is 1. The zero-order valence-electron chi connectivity index (χ0n) is 14.4. The van der Waals surface area contributed by atoms with Crippen molar-refractivity contribution in [3.05, 3.63) is 0 Å². The molecular formula is C17H26N2O3S. The third-order valence-electron chi connectivity index (χ3n) is 6.09. The van der Waals surface area contributed by atoms with E-state index >= 15 is 0 Å². The van der Waals surface area contributed by atoms with Crippen LogP contribution in [0.2, 0.25) is 0 Å². The van der Waals surface area contributed by atoms with E-state index in [0.717, 1.165) is 25.7 Å². The molecule has 0 aromatic heterocycles. The molecule has 0 unspecified atom stereocenters. The molecule has 2 amide bonds. The van der Waals surface area contributed by atoms with Gasteiger partial charge in [-0.1, -0.05) is 19.3 Å². The molecule has 3 aliphatic heterocycles. The van der Waals surface area contributed by atoms with Crippen molar-refractivity contribution in [3.8, 4) is 0 Å². The number of nitrogens with zero attached hydrogens (tertiary/aromatic N) is 2. The van der Waals surface area contributed by atoms with Gasteiger partial charge in [0.05, 0.1) is 5.92 Å². The first kappa shape index (κ1) is 16.8. The van der Waals surface area contributed by atoms with Gasteiger partial charge in [0.15, 0.2) is 4.99 Å². The third kappa shape index (κ3) is 2.03. The summed E-state index contributed by atoms with van der Waals surface area (Å²) < 4.78 is 0. The predicted molar refractivity (Wildman–Crippen MR) is 89.6 cm³/mol. The Labute approximate surface area is 142 Å². The van der Waals surface area contributed by atoms with Gasteiger partial charge in [-0.05, 0) is 39.4 Å². The number of hydrogen-bond donors (Lipinski definition) is 0. The maximum Gasteiger partial charge on any atom is 0.240 e. The van der Waals surface area contributed by atoms with Crippen molar-refractivity contribution in [1.29, 1.82) is 0 Å². The van der Waals surface area contributed by atoms with Crippen LogP contribution in [0, 0.1) is 11.3 Å². The molecule has 0 radical (unpaired) electrons. The summed E-state index contributed by atoms with van der Waals surface area (Å²) in [5.41, 5.74) is -1.08. The summed E-state index contributed by atoms with van der Waals surface area (Å²) in [4.78, 5) is 41.2. The van der Waals surface area contributed by atoms with Crippen LogP contribution in [0.1, 0.15) is 52.4 Å². The fourth-order valence-corrected chi connectivity index (χ4v) is 6.17. The number of amides is 2. The minimum Gasteiger partial charge on any atom is -0.312 e. The lowest BCUT2D eigenvalue weighted by molar-refractivity contribution is -0.202. The van der Waals surface area contributed by atoms with Crippen molar-refractivity contribution in [3.63, 3.8) is 0 Å². The fourth-order valence-electron chi connectivity index (χ4n) is 4.85. The number of ketones is 1. The summed E-state index contributed by atoms with van der Waals surface area (Å²) in [7, 11) is 1.76. The quantitative estimate of drug-likeness (QED) is 0.741. The van der Waals surface area contributed by atoms with E-state index in [1.807, 2.05) is 11.2 Å². The van der Waals surface area contributed by atoms with Crippen LogP contribution >= 0.6 is 11.8 Å². The zero-order valence-corrected chi connectivity index (χ0v) is 15.2. The van der Waals surface area contributed by atoms with Gasteiger partial charge in [0.1, 0.15) is 11.2 Å². The molecule has 3 atom stereocenters. The van der Waals surface area contributed by atoms with Crippen molar-refractivity contribution < 1.29 is 14.4 Å². The van der Waals surface area contributed by atoms with Gasteiger partial charge in [-0.15, -0.1) is 11.8 Å². The van der Waals surface area contributed by atoms with Crippen molar-refractivity contribution in [1.82, 2.24) is 9.80 Å². The minimum absolute atomic E-state index is 0.0678. The standard InChI is InChI=1S/C17H26N2O3S/c1-11(20)13-10-16(2)14(21)18(3)17(13,23-4)19(15(16)22)12-8-6-5-7-9-12/h12-13H,5-10H2,1-4H3/t13-,16+,17+/m0/s1. The number of hydrogen-bond acceptors (Lipinski definition) is 4. The molecule has 128 valence electrons. The Morgan fingerprint density at radius 1 is 1.17 bits per heavy atom. The lowest BCUT2D eigenvalue weighted by atomic mass is 9.67. The van der Waals surface area contributed by atoms with E-state index in [1.54, 1.807) is 25.8 Å². The first-order valence-corrected chi connectivity index (χ1v) is 9.70. The van der Waals surface area contributed by atoms with Crippen molar-refractivity contribution in [2.24, 2.45) is 11.3 Å². The fraction of sp³-hybridized carbons (Fsp3) is 0.824. The number of carbonyl (C=O) groups is 3. The Balaban J connectivity index is 2.15. The molecule has 23 heavy (non-hydrogen) atoms. The molecule has 1 saturated carbocycles. The van der Waals surface area contributed by atoms with Crippen LogP contribution in [-0.4, -0.2) is 51.7 Å². The van der Waals surface area contributed by atoms with Gasteiger partial charge in [0, 0.05) is 13.1 Å². The topological polar surface area (TPSA) is 57.7 Å². The second kappa shape index (κ2) is 5.50. The maximum absolute atomic E-state index is 13.3. The number of fused-ring (bicyclic) bond motifs is 3. The summed E-state index contributed by atoms with van der Waals surface area (Å²) in [6, 6.07) is 0.140. The van der Waals surface area contributed by atoms with Gasteiger partial charge < -0.3 is 9.80 Å². The Morgan fingerprint density at radius 3 is 2.30 bits per heavy atom. The highest BCUT2D eigenvalue weighted by Crippen LogP contribution is 2.57. The monoisotopic (exact) mass is 338 g/mol. The number of rotatable bonds is 3. The van der Waals surface area contributed by atoms with Gasteiger partial charge in [-0.2, -0.15) is 0 Å². The van der Waals surface area contributed by atoms with Gasteiger partial charge in [-0.25, -0.2) is 0 Å². The summed E-state index contributed by atoms with van der Waals surface area (Å²) in [6.45, 7) is 3.32. The van der Waals surface area contributed by atoms with Crippen LogP contribution in [0.4, 0.5) is 0 Å². The molecule has 4 fully saturated rings. The van der Waals surface area contributed by atoms with E-state index in [4.69, 9.17) is 0 Å². The second-order valence-electron chi connectivity index (χ2n) is 7.39. The molecule has 0 N–H and O–H groups in total. The molecule has 0 spiro atoms. The summed E-state index contributed by atoms with van der Waals surface area (Å²) in [5, 5.41) is 0. The van der Waals surface area contributed by atoms with E-state index in [-0.39, 0.29) is 29.6 Å². The van der Waals surface area contributed by atoms with E-state index in [0.29, 0.717) is 6.42 Å². The Bertz CT molecular complexity index is 560. The molecule has 4 rings (SSSR count). The maximum atomic E-state index is 13.3. The molecule has 6 heteroatoms. The number of piperidine rings is 2. The van der Waals surface area contributed by atoms with Crippen LogP contribution in [-0.2, 0) is 14.4 Å². The van der Waals surface area contributed by atoms with E-state index in [9.17, 15) is 14.4 Å². The minimum atomic E-state index is -1.08. The van der Waals surface area contributed by atoms with Crippen LogP contribution in [0.25, 0.3) is 0 Å². The van der Waals surface area contributed by atoms with Crippen LogP contribution < -0.4 is 0 Å². The third-order valence-corrected chi connectivity index (χ3v) is 7.45. The lowest BCUT2D eigenvalue weighted by Crippen LogP contribution is -2.81. The highest BCUT2D eigenvalue weighted by Gasteiger charge is 2.70. The Hall–Kier alpha value is -1.04. The van der Waals surface area contributed by atoms with Crippen molar-refractivity contribution >= 4 is 29.4 Å². The van der Waals surface area contributed by atoms with Crippen LogP contribution in [0.5, 0.6) is 0 Å². The Kier molecular flexibility index (Phi) is 4.02. The average Bonchev–Trinajstić information content (AvgIpc) is 2.54. The van der Waals surface area contributed by atoms with Crippen LogP contribution in [0.15, 0.2) is 0 Å². The molecule has 3 saturated heterocycles. The second-order valence-corrected chi connectivity index (χ2v) is 8.40. The van der Waals surface area contributed by atoms with Gasteiger partial charge >= 0.3 is 0 Å². The number of thioether (sulfide) groups is 1. The van der Waals surface area contributed by atoms with Gasteiger partial charge in [0.2, 0.25) is 11.8 Å². The molecular weight excluding hydrogens is 312 g/mol. The molecule has 4 aliphatic rings. The molecule has 1 aliphatic carbocycles. The zero-order chi connectivity index (χ0) is 17.0. The predicted octanol–water partition coefficient (Wildman–Crippen LogP) is 2.25. The van der Waals surface area contributed by atoms with E-state index in [2.05, 4.69) is 0 Å². The molecule has 5 nitrogen and oxygen atoms in total. The molecule has 3 heterocycles. The van der Waals surface area contributed by atoms with Gasteiger partial charge in [-0.3, -0.25) is 14.4 Å². The summed E-state index contributed by atoms with van der Waals surface area (Å²) >= 11 is 1.47. The lowest BCUT2D eigenvalue weighted by Gasteiger charge is -2.65. The summed E-state index contributed by atoms with van der Waals surface area (Å²) in [5.74, 6) is -0.455. The van der Waals surface area contributed by atoms with Gasteiger partial charge in [0.25, 0.3) is 0 Å². The highest BCUT2D eigenvalue weighted by atomic mass is 32.2. The highest BCUT2D eigenvalue weighted by molar-refractivity contribution is 8.00. The van der Waals surface area contributed by atoms with Crippen LogP contribution in [0.3, 0.4) is 0 Å². The summed E-state index contributed by atoms with van der Waals surface area (Å²) in [6.07, 6.45) is 7.61. The Morgan fingerprint density at radius 2 is 1.78 bits per heavy atom.